The predicted octanol–water partition coefficient (Wildman–Crippen LogP) is 3.86. The summed E-state index contributed by atoms with van der Waals surface area (Å²) >= 11 is 0. The van der Waals surface area contributed by atoms with Gasteiger partial charge in [0.2, 0.25) is 10.0 Å². The normalized spacial score (nSPS) is 19.3. The van der Waals surface area contributed by atoms with E-state index in [4.69, 9.17) is 0 Å². The highest BCUT2D eigenvalue weighted by Crippen LogP contribution is 2.34. The van der Waals surface area contributed by atoms with Crippen LogP contribution in [0.5, 0.6) is 0 Å². The van der Waals surface area contributed by atoms with Gasteiger partial charge in [0.1, 0.15) is 0 Å². The van der Waals surface area contributed by atoms with Gasteiger partial charge in [0.25, 0.3) is 0 Å². The first-order valence-electron chi connectivity index (χ1n) is 8.40. The van der Waals surface area contributed by atoms with Gasteiger partial charge < -0.3 is 4.57 Å². The fourth-order valence-corrected chi connectivity index (χ4v) is 5.21. The van der Waals surface area contributed by atoms with E-state index in [1.54, 1.807) is 4.31 Å². The number of aryl methyl sites for hydroxylation is 1. The highest BCUT2D eigenvalue weighted by Gasteiger charge is 2.35. The lowest BCUT2D eigenvalue weighted by Crippen LogP contribution is -2.40. The number of aromatic nitrogens is 1. The molecule has 0 aliphatic carbocycles. The van der Waals surface area contributed by atoms with Crippen LogP contribution in [0.15, 0.2) is 41.4 Å². The summed E-state index contributed by atoms with van der Waals surface area (Å²) in [5, 5.41) is 0. The topological polar surface area (TPSA) is 42.3 Å². The van der Waals surface area contributed by atoms with Crippen LogP contribution in [0.3, 0.4) is 0 Å². The molecule has 1 aromatic heterocycles. The number of nitrogens with zero attached hydrogens (tertiary/aromatic N) is 2. The zero-order chi connectivity index (χ0) is 17.7. The van der Waals surface area contributed by atoms with Crippen molar-refractivity contribution in [3.8, 4) is 0 Å². The van der Waals surface area contributed by atoms with Crippen molar-refractivity contribution in [1.29, 1.82) is 0 Å². The van der Waals surface area contributed by atoms with E-state index in [9.17, 15) is 8.42 Å². The molecule has 1 aliphatic heterocycles. The predicted molar refractivity (Wildman–Crippen MR) is 96.6 cm³/mol. The quantitative estimate of drug-likeness (QED) is 0.829. The Labute approximate surface area is 145 Å². The molecule has 24 heavy (non-hydrogen) atoms. The van der Waals surface area contributed by atoms with Crippen molar-refractivity contribution in [3.05, 3.63) is 53.3 Å². The smallest absolute Gasteiger partial charge is 0.244 e. The zero-order valence-corrected chi connectivity index (χ0v) is 15.9. The largest absolute Gasteiger partial charge is 0.349 e. The fraction of sp³-hybridized carbons (Fsp3) is 0.474. The third kappa shape index (κ3) is 2.80. The summed E-state index contributed by atoms with van der Waals surface area (Å²) < 4.78 is 30.5. The number of rotatable bonds is 2. The first kappa shape index (κ1) is 17.2. The molecule has 5 heteroatoms. The van der Waals surface area contributed by atoms with Gasteiger partial charge in [-0.15, -0.1) is 0 Å². The van der Waals surface area contributed by atoms with Gasteiger partial charge in [-0.1, -0.05) is 32.9 Å². The summed E-state index contributed by atoms with van der Waals surface area (Å²) in [4.78, 5) is 0.432. The molecule has 1 atom stereocenters. The number of sulfonamides is 1. The van der Waals surface area contributed by atoms with Crippen molar-refractivity contribution in [3.63, 3.8) is 0 Å². The summed E-state index contributed by atoms with van der Waals surface area (Å²) in [6, 6.07) is 9.63. The molecule has 0 saturated carbocycles. The highest BCUT2D eigenvalue weighted by molar-refractivity contribution is 7.89. The average Bonchev–Trinajstić information content (AvgIpc) is 2.95. The Morgan fingerprint density at radius 1 is 1.12 bits per heavy atom. The van der Waals surface area contributed by atoms with Gasteiger partial charge in [-0.3, -0.25) is 0 Å². The Kier molecular flexibility index (Phi) is 4.12. The summed E-state index contributed by atoms with van der Waals surface area (Å²) in [5.41, 5.74) is 2.81. The standard InChI is InChI=1S/C19H26N2O2S/c1-14-8-9-16(19(3,4)5)13-18(14)24(22,23)21-12-11-20-10-6-7-17(20)15(21)2/h6-10,13,15H,11-12H2,1-5H3/t15-/m0/s1. The Morgan fingerprint density at radius 2 is 1.83 bits per heavy atom. The Hall–Kier alpha value is -1.59. The molecule has 0 N–H and O–H groups in total. The first-order valence-corrected chi connectivity index (χ1v) is 9.84. The van der Waals surface area contributed by atoms with E-state index in [1.807, 2.05) is 50.4 Å². The van der Waals surface area contributed by atoms with E-state index >= 15 is 0 Å². The molecular weight excluding hydrogens is 320 g/mol. The number of fused-ring (bicyclic) bond motifs is 1. The minimum atomic E-state index is -3.53. The molecule has 0 unspecified atom stereocenters. The molecular formula is C19H26N2O2S. The van der Waals surface area contributed by atoms with Gasteiger partial charge in [0.15, 0.2) is 0 Å². The van der Waals surface area contributed by atoms with E-state index < -0.39 is 10.0 Å². The van der Waals surface area contributed by atoms with Gasteiger partial charge in [-0.05, 0) is 48.6 Å². The summed E-state index contributed by atoms with van der Waals surface area (Å²) in [7, 11) is -3.53. The molecule has 2 heterocycles. The van der Waals surface area contributed by atoms with Crippen LogP contribution in [0.2, 0.25) is 0 Å². The van der Waals surface area contributed by atoms with Gasteiger partial charge in [-0.25, -0.2) is 8.42 Å². The van der Waals surface area contributed by atoms with E-state index in [0.717, 1.165) is 16.8 Å². The van der Waals surface area contributed by atoms with E-state index in [2.05, 4.69) is 25.3 Å². The highest BCUT2D eigenvalue weighted by atomic mass is 32.2. The minimum absolute atomic E-state index is 0.0832. The molecule has 4 nitrogen and oxygen atoms in total. The molecule has 0 spiro atoms. The third-order valence-corrected chi connectivity index (χ3v) is 7.04. The van der Waals surface area contributed by atoms with Crippen molar-refractivity contribution >= 4 is 10.0 Å². The van der Waals surface area contributed by atoms with Crippen LogP contribution < -0.4 is 0 Å². The van der Waals surface area contributed by atoms with Crippen molar-refractivity contribution in [2.45, 2.75) is 57.5 Å². The summed E-state index contributed by atoms with van der Waals surface area (Å²) in [5.74, 6) is 0. The van der Waals surface area contributed by atoms with Crippen LogP contribution in [0.4, 0.5) is 0 Å². The van der Waals surface area contributed by atoms with Crippen molar-refractivity contribution in [1.82, 2.24) is 8.87 Å². The summed E-state index contributed by atoms with van der Waals surface area (Å²) in [6.45, 7) is 11.3. The van der Waals surface area contributed by atoms with Crippen LogP contribution in [0.25, 0.3) is 0 Å². The summed E-state index contributed by atoms with van der Waals surface area (Å²) in [6.07, 6.45) is 2.02. The lowest BCUT2D eigenvalue weighted by atomic mass is 9.87. The second-order valence-electron chi connectivity index (χ2n) is 7.65. The van der Waals surface area contributed by atoms with Crippen molar-refractivity contribution in [2.24, 2.45) is 0 Å². The van der Waals surface area contributed by atoms with Crippen LogP contribution in [0, 0.1) is 6.92 Å². The van der Waals surface area contributed by atoms with Crippen molar-refractivity contribution in [2.75, 3.05) is 6.54 Å². The first-order chi connectivity index (χ1) is 11.1. The maximum atomic E-state index is 13.3. The second kappa shape index (κ2) is 5.74. The SMILES string of the molecule is Cc1ccc(C(C)(C)C)cc1S(=O)(=O)N1CCn2cccc2[C@@H]1C. The van der Waals surface area contributed by atoms with Gasteiger partial charge >= 0.3 is 0 Å². The Balaban J connectivity index is 2.06. The molecule has 0 amide bonds. The molecule has 0 radical (unpaired) electrons. The molecule has 2 aromatic rings. The molecule has 130 valence electrons. The molecule has 0 bridgehead atoms. The van der Waals surface area contributed by atoms with Crippen LogP contribution in [0.1, 0.15) is 50.6 Å². The minimum Gasteiger partial charge on any atom is -0.349 e. The van der Waals surface area contributed by atoms with E-state index in [1.165, 1.54) is 0 Å². The molecule has 3 rings (SSSR count). The zero-order valence-electron chi connectivity index (χ0n) is 15.1. The van der Waals surface area contributed by atoms with Gasteiger partial charge in [0.05, 0.1) is 10.9 Å². The Bertz CT molecular complexity index is 860. The number of benzene rings is 1. The third-order valence-electron chi connectivity index (χ3n) is 4.93. The van der Waals surface area contributed by atoms with Crippen molar-refractivity contribution < 1.29 is 8.42 Å². The number of hydrogen-bond acceptors (Lipinski definition) is 2. The molecule has 0 saturated heterocycles. The average molecular weight is 346 g/mol. The second-order valence-corrected chi connectivity index (χ2v) is 9.51. The molecule has 1 aliphatic rings. The van der Waals surface area contributed by atoms with E-state index in [-0.39, 0.29) is 11.5 Å². The monoisotopic (exact) mass is 346 g/mol. The fourth-order valence-electron chi connectivity index (χ4n) is 3.36. The lowest BCUT2D eigenvalue weighted by molar-refractivity contribution is 0.282. The van der Waals surface area contributed by atoms with E-state index in [0.29, 0.717) is 18.0 Å². The van der Waals surface area contributed by atoms with Crippen LogP contribution in [-0.4, -0.2) is 23.8 Å². The molecule has 1 aromatic carbocycles. The Morgan fingerprint density at radius 3 is 2.50 bits per heavy atom. The maximum absolute atomic E-state index is 13.3. The number of hydrogen-bond donors (Lipinski definition) is 0. The van der Waals surface area contributed by atoms with Crippen LogP contribution in [-0.2, 0) is 22.0 Å². The van der Waals surface area contributed by atoms with Crippen LogP contribution >= 0.6 is 0 Å². The maximum Gasteiger partial charge on any atom is 0.244 e. The molecule has 0 fully saturated rings. The lowest BCUT2D eigenvalue weighted by Gasteiger charge is -2.34. The van der Waals surface area contributed by atoms with Gasteiger partial charge in [-0.2, -0.15) is 4.31 Å². The van der Waals surface area contributed by atoms with Gasteiger partial charge in [0, 0.05) is 25.0 Å².